The zero-order chi connectivity index (χ0) is 33.6. The summed E-state index contributed by atoms with van der Waals surface area (Å²) >= 11 is 9.70. The van der Waals surface area contributed by atoms with E-state index in [1.807, 2.05) is 82.3 Å². The summed E-state index contributed by atoms with van der Waals surface area (Å²) in [6, 6.07) is 27.4. The molecule has 0 fully saturated rings. The molecule has 0 saturated carbocycles. The first kappa shape index (κ1) is 35.2. The SMILES string of the molecule is Cc1ccc(S(=O)(=O)N(CC(=O)N(Cc2ccc(Br)cc2)[C@@H](Cc2ccccc2)C(=O)NC(C)(C)C)c2ccc(Cl)cc2C)cc1. The van der Waals surface area contributed by atoms with Crippen molar-refractivity contribution in [2.24, 2.45) is 0 Å². The van der Waals surface area contributed by atoms with Gasteiger partial charge in [0.05, 0.1) is 10.6 Å². The van der Waals surface area contributed by atoms with Crippen molar-refractivity contribution in [3.05, 3.63) is 129 Å². The van der Waals surface area contributed by atoms with Crippen LogP contribution in [0.15, 0.2) is 106 Å². The molecule has 242 valence electrons. The number of carbonyl (C=O) groups is 2. The minimum Gasteiger partial charge on any atom is -0.350 e. The number of rotatable bonds is 11. The van der Waals surface area contributed by atoms with E-state index in [1.54, 1.807) is 37.3 Å². The molecule has 7 nitrogen and oxygen atoms in total. The van der Waals surface area contributed by atoms with Crippen LogP contribution in [-0.4, -0.2) is 43.3 Å². The second kappa shape index (κ2) is 14.8. The molecule has 0 aromatic heterocycles. The van der Waals surface area contributed by atoms with Crippen molar-refractivity contribution >= 4 is 55.1 Å². The van der Waals surface area contributed by atoms with Gasteiger partial charge in [-0.2, -0.15) is 0 Å². The maximum Gasteiger partial charge on any atom is 0.264 e. The van der Waals surface area contributed by atoms with Gasteiger partial charge in [0.25, 0.3) is 10.0 Å². The van der Waals surface area contributed by atoms with Crippen LogP contribution in [0.3, 0.4) is 0 Å². The fraction of sp³-hybridized carbons (Fsp3) is 0.278. The van der Waals surface area contributed by atoms with Gasteiger partial charge in [-0.1, -0.05) is 87.7 Å². The molecule has 4 aromatic rings. The number of nitrogens with one attached hydrogen (secondary N) is 1. The highest BCUT2D eigenvalue weighted by Gasteiger charge is 2.36. The van der Waals surface area contributed by atoms with E-state index in [0.717, 1.165) is 25.5 Å². The Hall–Kier alpha value is -3.66. The Kier molecular flexibility index (Phi) is 11.4. The van der Waals surface area contributed by atoms with Gasteiger partial charge < -0.3 is 10.2 Å². The number of sulfonamides is 1. The number of benzene rings is 4. The monoisotopic (exact) mass is 723 g/mol. The molecule has 10 heteroatoms. The van der Waals surface area contributed by atoms with Crippen LogP contribution >= 0.6 is 27.5 Å². The van der Waals surface area contributed by atoms with Crippen molar-refractivity contribution in [2.75, 3.05) is 10.8 Å². The summed E-state index contributed by atoms with van der Waals surface area (Å²) in [5, 5.41) is 3.49. The Balaban J connectivity index is 1.84. The molecule has 4 aromatic carbocycles. The molecule has 0 aliphatic carbocycles. The van der Waals surface area contributed by atoms with Crippen molar-refractivity contribution < 1.29 is 18.0 Å². The van der Waals surface area contributed by atoms with Crippen LogP contribution in [-0.2, 0) is 32.6 Å². The van der Waals surface area contributed by atoms with Crippen LogP contribution < -0.4 is 9.62 Å². The van der Waals surface area contributed by atoms with Crippen molar-refractivity contribution in [3.63, 3.8) is 0 Å². The van der Waals surface area contributed by atoms with E-state index < -0.39 is 34.1 Å². The smallest absolute Gasteiger partial charge is 0.264 e. The maximum absolute atomic E-state index is 14.6. The lowest BCUT2D eigenvalue weighted by molar-refractivity contribution is -0.140. The molecule has 2 amide bonds. The predicted octanol–water partition coefficient (Wildman–Crippen LogP) is 7.47. The van der Waals surface area contributed by atoms with E-state index in [4.69, 9.17) is 11.6 Å². The van der Waals surface area contributed by atoms with Gasteiger partial charge in [0, 0.05) is 28.0 Å². The molecule has 1 N–H and O–H groups in total. The fourth-order valence-corrected chi connectivity index (χ4v) is 7.01. The summed E-state index contributed by atoms with van der Waals surface area (Å²) in [5.41, 5.74) is 2.89. The van der Waals surface area contributed by atoms with Crippen LogP contribution in [0.25, 0.3) is 0 Å². The number of amides is 2. The van der Waals surface area contributed by atoms with Gasteiger partial charge in [-0.3, -0.25) is 13.9 Å². The molecule has 0 bridgehead atoms. The lowest BCUT2D eigenvalue weighted by atomic mass is 10.0. The highest BCUT2D eigenvalue weighted by molar-refractivity contribution is 9.10. The summed E-state index contributed by atoms with van der Waals surface area (Å²) in [6.07, 6.45) is 0.232. The van der Waals surface area contributed by atoms with E-state index >= 15 is 0 Å². The summed E-state index contributed by atoms with van der Waals surface area (Å²) in [5.74, 6) is -0.865. The molecule has 0 spiro atoms. The summed E-state index contributed by atoms with van der Waals surface area (Å²) in [7, 11) is -4.21. The Labute approximate surface area is 285 Å². The van der Waals surface area contributed by atoms with Gasteiger partial charge in [0.15, 0.2) is 0 Å². The standard InChI is InChI=1S/C36H39BrClN3O4S/c1-25-11-18-31(19-12-25)46(44,45)41(32-20-17-30(38)21-26(32)2)24-34(42)40(23-28-13-15-29(37)16-14-28)33(35(43)39-36(3,4)5)22-27-9-7-6-8-10-27/h6-21,33H,22-24H2,1-5H3,(H,39,43)/t33-/m0/s1. The molecule has 1 atom stereocenters. The fourth-order valence-electron chi connectivity index (χ4n) is 5.04. The molecule has 46 heavy (non-hydrogen) atoms. The Bertz CT molecular complexity index is 1780. The maximum atomic E-state index is 14.6. The molecule has 0 aliphatic rings. The number of hydrogen-bond donors (Lipinski definition) is 1. The zero-order valence-electron chi connectivity index (χ0n) is 26.6. The number of aryl methyl sites for hydroxylation is 2. The van der Waals surface area contributed by atoms with E-state index in [2.05, 4.69) is 21.2 Å². The predicted molar refractivity (Wildman–Crippen MR) is 188 cm³/mol. The Morgan fingerprint density at radius 1 is 0.870 bits per heavy atom. The Morgan fingerprint density at radius 3 is 2.09 bits per heavy atom. The quantitative estimate of drug-likeness (QED) is 0.174. The lowest BCUT2D eigenvalue weighted by Gasteiger charge is -2.35. The van der Waals surface area contributed by atoms with Crippen LogP contribution in [0.2, 0.25) is 5.02 Å². The van der Waals surface area contributed by atoms with E-state index in [1.165, 1.54) is 17.0 Å². The van der Waals surface area contributed by atoms with Crippen molar-refractivity contribution in [1.82, 2.24) is 10.2 Å². The lowest BCUT2D eigenvalue weighted by Crippen LogP contribution is -2.56. The number of nitrogens with zero attached hydrogens (tertiary/aromatic N) is 2. The molecule has 0 unspecified atom stereocenters. The zero-order valence-corrected chi connectivity index (χ0v) is 29.8. The van der Waals surface area contributed by atoms with Gasteiger partial charge in [0.1, 0.15) is 12.6 Å². The third kappa shape index (κ3) is 9.21. The van der Waals surface area contributed by atoms with Crippen LogP contribution in [0.1, 0.15) is 43.0 Å². The van der Waals surface area contributed by atoms with E-state index in [-0.39, 0.29) is 23.8 Å². The summed E-state index contributed by atoms with van der Waals surface area (Å²) in [6.45, 7) is 8.80. The molecule has 0 saturated heterocycles. The second-order valence-electron chi connectivity index (χ2n) is 12.3. The Morgan fingerprint density at radius 2 is 1.50 bits per heavy atom. The largest absolute Gasteiger partial charge is 0.350 e. The number of carbonyl (C=O) groups excluding carboxylic acids is 2. The summed E-state index contributed by atoms with van der Waals surface area (Å²) in [4.78, 5) is 30.1. The van der Waals surface area contributed by atoms with Gasteiger partial charge in [-0.25, -0.2) is 8.42 Å². The number of hydrogen-bond acceptors (Lipinski definition) is 4. The van der Waals surface area contributed by atoms with E-state index in [0.29, 0.717) is 16.3 Å². The minimum absolute atomic E-state index is 0.0472. The first-order valence-electron chi connectivity index (χ1n) is 14.9. The minimum atomic E-state index is -4.21. The van der Waals surface area contributed by atoms with Gasteiger partial charge in [0.2, 0.25) is 11.8 Å². The first-order valence-corrected chi connectivity index (χ1v) is 17.5. The number of halogens is 2. The van der Waals surface area contributed by atoms with Crippen LogP contribution in [0.5, 0.6) is 0 Å². The molecule has 0 radical (unpaired) electrons. The third-order valence-corrected chi connectivity index (χ3v) is 9.89. The van der Waals surface area contributed by atoms with Gasteiger partial charge in [-0.05, 0) is 93.8 Å². The average Bonchev–Trinajstić information content (AvgIpc) is 2.98. The molecule has 0 heterocycles. The normalized spacial score (nSPS) is 12.3. The van der Waals surface area contributed by atoms with E-state index in [9.17, 15) is 18.0 Å². The highest BCUT2D eigenvalue weighted by atomic mass is 79.9. The second-order valence-corrected chi connectivity index (χ2v) is 15.6. The molecule has 4 rings (SSSR count). The highest BCUT2D eigenvalue weighted by Crippen LogP contribution is 2.30. The molecular weight excluding hydrogens is 686 g/mol. The average molecular weight is 725 g/mol. The van der Waals surface area contributed by atoms with Crippen LogP contribution in [0, 0.1) is 13.8 Å². The molecular formula is C36H39BrClN3O4S. The molecule has 0 aliphatic heterocycles. The summed E-state index contributed by atoms with van der Waals surface area (Å²) < 4.78 is 30.5. The van der Waals surface area contributed by atoms with Gasteiger partial charge in [-0.15, -0.1) is 0 Å². The van der Waals surface area contributed by atoms with Crippen molar-refractivity contribution in [2.45, 2.75) is 64.1 Å². The first-order chi connectivity index (χ1) is 21.6. The van der Waals surface area contributed by atoms with Crippen molar-refractivity contribution in [3.8, 4) is 0 Å². The third-order valence-electron chi connectivity index (χ3n) is 7.35. The topological polar surface area (TPSA) is 86.8 Å². The van der Waals surface area contributed by atoms with Crippen molar-refractivity contribution in [1.29, 1.82) is 0 Å². The van der Waals surface area contributed by atoms with Gasteiger partial charge >= 0.3 is 0 Å². The van der Waals surface area contributed by atoms with Crippen LogP contribution in [0.4, 0.5) is 5.69 Å². The number of anilines is 1.